The number of hydrogen-bond donors (Lipinski definition) is 2. The van der Waals surface area contributed by atoms with E-state index in [-0.39, 0.29) is 24.0 Å². The average molecular weight is 467 g/mol. The Morgan fingerprint density at radius 2 is 1.92 bits per heavy atom. The van der Waals surface area contributed by atoms with Crippen molar-refractivity contribution < 1.29 is 0 Å². The Morgan fingerprint density at radius 1 is 1.17 bits per heavy atom. The van der Waals surface area contributed by atoms with Crippen LogP contribution in [-0.2, 0) is 13.0 Å². The van der Waals surface area contributed by atoms with Crippen LogP contribution in [0.5, 0.6) is 0 Å². The first-order valence-corrected chi connectivity index (χ1v) is 9.73. The standard InChI is InChI=1S/C17H33N5S.HI/c1-5-15-13-20-16(23-15)14-21-17(18-6-2)19-11-9-10-12-22(7-3)8-4;/h13H,5-12,14H2,1-4H3,(H2,18,19,21);1H. The highest BCUT2D eigenvalue weighted by Crippen LogP contribution is 2.13. The number of aromatic nitrogens is 1. The lowest BCUT2D eigenvalue weighted by Gasteiger charge is -2.17. The number of guanidine groups is 1. The van der Waals surface area contributed by atoms with E-state index in [4.69, 9.17) is 0 Å². The summed E-state index contributed by atoms with van der Waals surface area (Å²) in [5, 5.41) is 7.80. The molecule has 1 heterocycles. The molecule has 0 aliphatic carbocycles. The second-order valence-electron chi connectivity index (χ2n) is 5.43. The van der Waals surface area contributed by atoms with Gasteiger partial charge in [-0.3, -0.25) is 0 Å². The summed E-state index contributed by atoms with van der Waals surface area (Å²) in [7, 11) is 0. The van der Waals surface area contributed by atoms with Crippen LogP contribution < -0.4 is 10.6 Å². The van der Waals surface area contributed by atoms with Gasteiger partial charge in [-0.15, -0.1) is 35.3 Å². The smallest absolute Gasteiger partial charge is 0.191 e. The Kier molecular flexibility index (Phi) is 14.6. The fourth-order valence-electron chi connectivity index (χ4n) is 2.28. The highest BCUT2D eigenvalue weighted by molar-refractivity contribution is 14.0. The highest BCUT2D eigenvalue weighted by Gasteiger charge is 2.02. The van der Waals surface area contributed by atoms with Crippen LogP contribution in [0, 0.1) is 0 Å². The molecule has 5 nitrogen and oxygen atoms in total. The predicted octanol–water partition coefficient (Wildman–Crippen LogP) is 3.50. The normalized spacial score (nSPS) is 11.5. The lowest BCUT2D eigenvalue weighted by molar-refractivity contribution is 0.297. The molecule has 0 unspecified atom stereocenters. The lowest BCUT2D eigenvalue weighted by atomic mass is 10.3. The summed E-state index contributed by atoms with van der Waals surface area (Å²) in [6.07, 6.45) is 5.40. The van der Waals surface area contributed by atoms with Crippen LogP contribution in [0.25, 0.3) is 0 Å². The fourth-order valence-corrected chi connectivity index (χ4v) is 3.07. The molecule has 0 atom stereocenters. The van der Waals surface area contributed by atoms with E-state index in [1.54, 1.807) is 11.3 Å². The maximum atomic E-state index is 4.63. The minimum Gasteiger partial charge on any atom is -0.357 e. The fraction of sp³-hybridized carbons (Fsp3) is 0.765. The molecule has 1 rings (SSSR count). The largest absolute Gasteiger partial charge is 0.357 e. The number of aryl methyl sites for hydroxylation is 1. The molecule has 0 aromatic carbocycles. The van der Waals surface area contributed by atoms with E-state index < -0.39 is 0 Å². The summed E-state index contributed by atoms with van der Waals surface area (Å²) in [6.45, 7) is 14.7. The molecule has 24 heavy (non-hydrogen) atoms. The van der Waals surface area contributed by atoms with Crippen LogP contribution in [-0.4, -0.2) is 48.6 Å². The molecule has 0 aliphatic rings. The Labute approximate surface area is 168 Å². The molecular weight excluding hydrogens is 433 g/mol. The molecular formula is C17H34IN5S. The molecule has 0 radical (unpaired) electrons. The Bertz CT molecular complexity index is 446. The van der Waals surface area contributed by atoms with E-state index in [9.17, 15) is 0 Å². The van der Waals surface area contributed by atoms with E-state index in [0.29, 0.717) is 6.54 Å². The average Bonchev–Trinajstić information content (AvgIpc) is 3.04. The van der Waals surface area contributed by atoms with Crippen molar-refractivity contribution in [1.29, 1.82) is 0 Å². The summed E-state index contributed by atoms with van der Waals surface area (Å²) in [6, 6.07) is 0. The van der Waals surface area contributed by atoms with Crippen LogP contribution in [0.1, 0.15) is 50.4 Å². The summed E-state index contributed by atoms with van der Waals surface area (Å²) in [4.78, 5) is 12.8. The van der Waals surface area contributed by atoms with Crippen LogP contribution in [0.2, 0.25) is 0 Å². The van der Waals surface area contributed by atoms with Crippen LogP contribution in [0.3, 0.4) is 0 Å². The summed E-state index contributed by atoms with van der Waals surface area (Å²) in [5.41, 5.74) is 0. The van der Waals surface area contributed by atoms with Crippen molar-refractivity contribution in [3.8, 4) is 0 Å². The molecule has 1 aromatic heterocycles. The van der Waals surface area contributed by atoms with Gasteiger partial charge in [0.25, 0.3) is 0 Å². The van der Waals surface area contributed by atoms with Gasteiger partial charge in [0.15, 0.2) is 5.96 Å². The monoisotopic (exact) mass is 467 g/mol. The summed E-state index contributed by atoms with van der Waals surface area (Å²) < 4.78 is 0. The number of halogens is 1. The maximum absolute atomic E-state index is 4.63. The number of hydrogen-bond acceptors (Lipinski definition) is 4. The van der Waals surface area contributed by atoms with Gasteiger partial charge in [0.05, 0.1) is 6.54 Å². The first-order valence-electron chi connectivity index (χ1n) is 8.91. The van der Waals surface area contributed by atoms with Gasteiger partial charge in [0.1, 0.15) is 5.01 Å². The van der Waals surface area contributed by atoms with Crippen LogP contribution in [0.4, 0.5) is 0 Å². The zero-order valence-corrected chi connectivity index (χ0v) is 18.7. The van der Waals surface area contributed by atoms with Crippen molar-refractivity contribution in [3.05, 3.63) is 16.1 Å². The Balaban J connectivity index is 0.00000529. The second-order valence-corrected chi connectivity index (χ2v) is 6.63. The number of thiazole rings is 1. The maximum Gasteiger partial charge on any atom is 0.191 e. The van der Waals surface area contributed by atoms with Crippen molar-refractivity contribution >= 4 is 41.3 Å². The van der Waals surface area contributed by atoms with Gasteiger partial charge in [-0.05, 0) is 45.8 Å². The number of aliphatic imine (C=N–C) groups is 1. The number of nitrogens with one attached hydrogen (secondary N) is 2. The molecule has 2 N–H and O–H groups in total. The quantitative estimate of drug-likeness (QED) is 0.226. The first-order chi connectivity index (χ1) is 11.2. The van der Waals surface area contributed by atoms with Crippen molar-refractivity contribution in [3.63, 3.8) is 0 Å². The van der Waals surface area contributed by atoms with Gasteiger partial charge < -0.3 is 15.5 Å². The molecule has 0 fully saturated rings. The van der Waals surface area contributed by atoms with Gasteiger partial charge >= 0.3 is 0 Å². The number of rotatable bonds is 11. The van der Waals surface area contributed by atoms with Crippen LogP contribution >= 0.6 is 35.3 Å². The van der Waals surface area contributed by atoms with Gasteiger partial charge in [-0.25, -0.2) is 9.98 Å². The molecule has 0 spiro atoms. The predicted molar refractivity (Wildman–Crippen MR) is 117 cm³/mol. The van der Waals surface area contributed by atoms with E-state index in [1.807, 2.05) is 6.20 Å². The summed E-state index contributed by atoms with van der Waals surface area (Å²) in [5.74, 6) is 0.892. The van der Waals surface area contributed by atoms with Gasteiger partial charge in [0, 0.05) is 24.2 Å². The third-order valence-corrected chi connectivity index (χ3v) is 4.88. The van der Waals surface area contributed by atoms with E-state index in [1.165, 1.54) is 17.8 Å². The van der Waals surface area contributed by atoms with Gasteiger partial charge in [-0.1, -0.05) is 20.8 Å². The number of nitrogens with zero attached hydrogens (tertiary/aromatic N) is 3. The second kappa shape index (κ2) is 14.9. The topological polar surface area (TPSA) is 52.6 Å². The van der Waals surface area contributed by atoms with Gasteiger partial charge in [0.2, 0.25) is 0 Å². The van der Waals surface area contributed by atoms with Gasteiger partial charge in [-0.2, -0.15) is 0 Å². The third kappa shape index (κ3) is 9.78. The molecule has 0 aliphatic heterocycles. The summed E-state index contributed by atoms with van der Waals surface area (Å²) >= 11 is 1.75. The highest BCUT2D eigenvalue weighted by atomic mass is 127. The Morgan fingerprint density at radius 3 is 2.50 bits per heavy atom. The van der Waals surface area contributed by atoms with E-state index in [0.717, 1.165) is 50.0 Å². The van der Waals surface area contributed by atoms with Crippen molar-refractivity contribution in [1.82, 2.24) is 20.5 Å². The lowest BCUT2D eigenvalue weighted by Crippen LogP contribution is -2.38. The van der Waals surface area contributed by atoms with E-state index in [2.05, 4.69) is 53.2 Å². The molecule has 0 bridgehead atoms. The first kappa shape index (κ1) is 23.6. The Hall–Kier alpha value is -0.410. The van der Waals surface area contributed by atoms with Crippen molar-refractivity contribution in [2.75, 3.05) is 32.7 Å². The van der Waals surface area contributed by atoms with Crippen molar-refractivity contribution in [2.45, 2.75) is 53.5 Å². The minimum absolute atomic E-state index is 0. The molecule has 0 saturated carbocycles. The molecule has 1 aromatic rings. The zero-order chi connectivity index (χ0) is 16.9. The number of unbranched alkanes of at least 4 members (excludes halogenated alkanes) is 1. The third-order valence-electron chi connectivity index (χ3n) is 3.75. The molecule has 140 valence electrons. The molecule has 7 heteroatoms. The van der Waals surface area contributed by atoms with Crippen molar-refractivity contribution in [2.24, 2.45) is 4.99 Å². The zero-order valence-electron chi connectivity index (χ0n) is 15.6. The molecule has 0 saturated heterocycles. The van der Waals surface area contributed by atoms with Crippen LogP contribution in [0.15, 0.2) is 11.2 Å². The minimum atomic E-state index is 0. The molecule has 0 amide bonds. The SMILES string of the molecule is CCNC(=NCc1ncc(CC)s1)NCCCCN(CC)CC.I. The van der Waals surface area contributed by atoms with E-state index >= 15 is 0 Å².